The summed E-state index contributed by atoms with van der Waals surface area (Å²) in [6, 6.07) is 10.2. The van der Waals surface area contributed by atoms with Gasteiger partial charge in [0.25, 0.3) is 0 Å². The highest BCUT2D eigenvalue weighted by atomic mass is 35.5. The van der Waals surface area contributed by atoms with Crippen LogP contribution in [0.15, 0.2) is 36.4 Å². The second-order valence-electron chi connectivity index (χ2n) is 4.73. The molecule has 0 saturated carbocycles. The van der Waals surface area contributed by atoms with Gasteiger partial charge in [-0.1, -0.05) is 52.5 Å². The summed E-state index contributed by atoms with van der Waals surface area (Å²) >= 11 is 23.0. The Labute approximate surface area is 167 Å². The molecule has 1 unspecified atom stereocenters. The lowest BCUT2D eigenvalue weighted by Gasteiger charge is -2.11. The van der Waals surface area contributed by atoms with Crippen molar-refractivity contribution in [3.8, 4) is 0 Å². The second kappa shape index (κ2) is 11.2. The number of carbonyl (C=O) groups excluding carboxylic acids is 1. The van der Waals surface area contributed by atoms with Crippen molar-refractivity contribution in [2.24, 2.45) is 5.84 Å². The first kappa shape index (κ1) is 23.5. The molecule has 0 amide bonds. The van der Waals surface area contributed by atoms with Crippen molar-refractivity contribution in [1.82, 2.24) is 5.43 Å². The van der Waals surface area contributed by atoms with E-state index in [4.69, 9.17) is 52.2 Å². The summed E-state index contributed by atoms with van der Waals surface area (Å²) in [5.41, 5.74) is 4.07. The van der Waals surface area contributed by atoms with E-state index in [0.717, 1.165) is 5.56 Å². The van der Waals surface area contributed by atoms with Gasteiger partial charge in [-0.25, -0.2) is 0 Å². The van der Waals surface area contributed by atoms with Gasteiger partial charge in [-0.2, -0.15) is 0 Å². The molecule has 0 aliphatic heterocycles. The fourth-order valence-electron chi connectivity index (χ4n) is 1.72. The number of hydrogen-bond donors (Lipinski definition) is 2. The number of halogens is 5. The van der Waals surface area contributed by atoms with E-state index in [1.165, 1.54) is 6.92 Å². The minimum Gasteiger partial charge on any atom is -0.294 e. The highest BCUT2D eigenvalue weighted by Crippen LogP contribution is 2.25. The van der Waals surface area contributed by atoms with Gasteiger partial charge < -0.3 is 0 Å². The summed E-state index contributed by atoms with van der Waals surface area (Å²) in [7, 11) is 0. The highest BCUT2D eigenvalue weighted by molar-refractivity contribution is 6.36. The van der Waals surface area contributed by atoms with E-state index in [1.54, 1.807) is 30.3 Å². The smallest absolute Gasteiger partial charge is 0.161 e. The molecule has 3 N–H and O–H groups in total. The van der Waals surface area contributed by atoms with Gasteiger partial charge in [0.15, 0.2) is 5.78 Å². The van der Waals surface area contributed by atoms with Crippen LogP contribution < -0.4 is 11.3 Å². The van der Waals surface area contributed by atoms with E-state index in [2.05, 4.69) is 5.43 Å². The molecule has 2 aromatic carbocycles. The predicted molar refractivity (Wildman–Crippen MR) is 106 cm³/mol. The molecule has 0 aromatic heterocycles. The number of hydrazine groups is 1. The molecular formula is C16H17Cl5N2O. The Morgan fingerprint density at radius 1 is 1.00 bits per heavy atom. The molecule has 24 heavy (non-hydrogen) atoms. The lowest BCUT2D eigenvalue weighted by Crippen LogP contribution is -2.25. The van der Waals surface area contributed by atoms with Crippen LogP contribution in [0.4, 0.5) is 0 Å². The van der Waals surface area contributed by atoms with Gasteiger partial charge >= 0.3 is 0 Å². The van der Waals surface area contributed by atoms with Crippen molar-refractivity contribution in [1.29, 1.82) is 0 Å². The summed E-state index contributed by atoms with van der Waals surface area (Å²) in [5, 5.41) is 2.21. The van der Waals surface area contributed by atoms with E-state index in [1.807, 2.05) is 13.0 Å². The summed E-state index contributed by atoms with van der Waals surface area (Å²) in [4.78, 5) is 10.8. The van der Waals surface area contributed by atoms with Crippen molar-refractivity contribution in [3.05, 3.63) is 67.6 Å². The summed E-state index contributed by atoms with van der Waals surface area (Å²) in [5.74, 6) is 5.22. The molecule has 2 rings (SSSR count). The Morgan fingerprint density at radius 3 is 1.92 bits per heavy atom. The Kier molecular flexibility index (Phi) is 10.9. The maximum Gasteiger partial charge on any atom is 0.161 e. The van der Waals surface area contributed by atoms with Crippen LogP contribution in [-0.2, 0) is 0 Å². The fourth-order valence-corrected chi connectivity index (χ4v) is 2.83. The van der Waals surface area contributed by atoms with Gasteiger partial charge in [-0.15, -0.1) is 12.4 Å². The first-order chi connectivity index (χ1) is 10.8. The number of carbonyl (C=O) groups is 1. The van der Waals surface area contributed by atoms with Crippen molar-refractivity contribution in [2.75, 3.05) is 0 Å². The summed E-state index contributed by atoms with van der Waals surface area (Å²) < 4.78 is 0. The fraction of sp³-hybridized carbons (Fsp3) is 0.188. The monoisotopic (exact) mass is 428 g/mol. The zero-order valence-electron chi connectivity index (χ0n) is 12.9. The number of nitrogens with one attached hydrogen (secondary N) is 1. The second-order valence-corrected chi connectivity index (χ2v) is 6.42. The zero-order chi connectivity index (χ0) is 17.6. The van der Waals surface area contributed by atoms with Crippen LogP contribution in [-0.4, -0.2) is 5.78 Å². The standard InChI is InChI=1S/C8H10Cl2N2.C8H6Cl2O.ClH/c1-5(12-11)7-3-2-6(9)4-8(7)10;1-5(11)7-3-2-6(9)4-8(7)10;/h2-5,12H,11H2,1H3;2-4H,1H3;1H. The Hall–Kier alpha value is -0.520. The molecular weight excluding hydrogens is 413 g/mol. The maximum atomic E-state index is 10.8. The van der Waals surface area contributed by atoms with Crippen LogP contribution in [0, 0.1) is 0 Å². The van der Waals surface area contributed by atoms with Gasteiger partial charge in [0.2, 0.25) is 0 Å². The third kappa shape index (κ3) is 7.16. The maximum absolute atomic E-state index is 10.8. The zero-order valence-corrected chi connectivity index (χ0v) is 16.8. The average Bonchev–Trinajstić information content (AvgIpc) is 2.46. The van der Waals surface area contributed by atoms with Crippen LogP contribution in [0.3, 0.4) is 0 Å². The van der Waals surface area contributed by atoms with Gasteiger partial charge in [0.1, 0.15) is 0 Å². The highest BCUT2D eigenvalue weighted by Gasteiger charge is 2.07. The quantitative estimate of drug-likeness (QED) is 0.350. The van der Waals surface area contributed by atoms with Gasteiger partial charge in [0.05, 0.1) is 5.02 Å². The number of hydrogen-bond acceptors (Lipinski definition) is 3. The number of Topliss-reactive ketones (excluding diaryl/α,β-unsaturated/α-hetero) is 1. The van der Waals surface area contributed by atoms with Gasteiger partial charge in [-0.3, -0.25) is 16.1 Å². The largest absolute Gasteiger partial charge is 0.294 e. The number of nitrogens with two attached hydrogens (primary N) is 1. The molecule has 0 spiro atoms. The third-order valence-corrected chi connectivity index (χ3v) is 4.10. The van der Waals surface area contributed by atoms with Crippen LogP contribution in [0.1, 0.15) is 35.8 Å². The number of rotatable bonds is 3. The molecule has 0 fully saturated rings. The molecule has 0 bridgehead atoms. The summed E-state index contributed by atoms with van der Waals surface area (Å²) in [6.45, 7) is 3.39. The topological polar surface area (TPSA) is 55.1 Å². The van der Waals surface area contributed by atoms with Gasteiger partial charge in [-0.05, 0) is 49.7 Å². The van der Waals surface area contributed by atoms with Gasteiger partial charge in [0, 0.05) is 26.7 Å². The SMILES string of the molecule is CC(=O)c1ccc(Cl)cc1Cl.CC(NN)c1ccc(Cl)cc1Cl.Cl. The van der Waals surface area contributed by atoms with E-state index < -0.39 is 0 Å². The van der Waals surface area contributed by atoms with E-state index in [9.17, 15) is 4.79 Å². The molecule has 0 saturated heterocycles. The Morgan fingerprint density at radius 2 is 1.50 bits per heavy atom. The molecule has 0 heterocycles. The first-order valence-corrected chi connectivity index (χ1v) is 8.14. The molecule has 132 valence electrons. The van der Waals surface area contributed by atoms with Crippen LogP contribution in [0.25, 0.3) is 0 Å². The van der Waals surface area contributed by atoms with Crippen molar-refractivity contribution >= 4 is 64.6 Å². The predicted octanol–water partition coefficient (Wildman–Crippen LogP) is 6.14. The normalized spacial score (nSPS) is 11.0. The van der Waals surface area contributed by atoms with Crippen molar-refractivity contribution in [3.63, 3.8) is 0 Å². The number of ketones is 1. The minimum absolute atomic E-state index is 0. The Bertz CT molecular complexity index is 694. The molecule has 8 heteroatoms. The molecule has 0 radical (unpaired) electrons. The van der Waals surface area contributed by atoms with Crippen LogP contribution >= 0.6 is 58.8 Å². The van der Waals surface area contributed by atoms with Crippen LogP contribution in [0.2, 0.25) is 20.1 Å². The lowest BCUT2D eigenvalue weighted by molar-refractivity contribution is 0.101. The lowest BCUT2D eigenvalue weighted by atomic mass is 10.1. The van der Waals surface area contributed by atoms with Crippen LogP contribution in [0.5, 0.6) is 0 Å². The summed E-state index contributed by atoms with van der Waals surface area (Å²) in [6.07, 6.45) is 0. The van der Waals surface area contributed by atoms with E-state index >= 15 is 0 Å². The minimum atomic E-state index is -0.0494. The van der Waals surface area contributed by atoms with Crippen molar-refractivity contribution < 1.29 is 4.79 Å². The first-order valence-electron chi connectivity index (χ1n) is 6.63. The molecule has 0 aliphatic rings. The number of benzene rings is 2. The Balaban J connectivity index is 0.000000425. The molecule has 2 aromatic rings. The average molecular weight is 431 g/mol. The molecule has 1 atom stereocenters. The molecule has 0 aliphatic carbocycles. The van der Waals surface area contributed by atoms with E-state index in [0.29, 0.717) is 25.7 Å². The van der Waals surface area contributed by atoms with Crippen molar-refractivity contribution in [2.45, 2.75) is 19.9 Å². The van der Waals surface area contributed by atoms with E-state index in [-0.39, 0.29) is 24.2 Å². The molecule has 3 nitrogen and oxygen atoms in total. The third-order valence-electron chi connectivity index (χ3n) is 2.99.